The van der Waals surface area contributed by atoms with Gasteiger partial charge in [0, 0.05) is 12.6 Å². The van der Waals surface area contributed by atoms with Crippen molar-refractivity contribution in [2.75, 3.05) is 6.61 Å². The third kappa shape index (κ3) is 7.13. The molecule has 0 spiro atoms. The van der Waals surface area contributed by atoms with Crippen LogP contribution >= 0.6 is 23.2 Å². The molecular weight excluding hydrogens is 471 g/mol. The van der Waals surface area contributed by atoms with E-state index in [1.54, 1.807) is 17.0 Å². The smallest absolute Gasteiger partial charge is 0.261 e. The number of halogens is 2. The molecule has 0 saturated heterocycles. The van der Waals surface area contributed by atoms with Crippen LogP contribution in [-0.2, 0) is 16.1 Å². The third-order valence-electron chi connectivity index (χ3n) is 6.36. The minimum absolute atomic E-state index is 0.116. The van der Waals surface area contributed by atoms with Crippen LogP contribution < -0.4 is 10.1 Å². The first-order valence-corrected chi connectivity index (χ1v) is 12.8. The summed E-state index contributed by atoms with van der Waals surface area (Å²) in [5, 5.41) is 4.04. The average molecular weight is 505 g/mol. The second-order valence-corrected chi connectivity index (χ2v) is 9.91. The van der Waals surface area contributed by atoms with Crippen LogP contribution in [0.3, 0.4) is 0 Å². The predicted molar refractivity (Wildman–Crippen MR) is 138 cm³/mol. The normalized spacial score (nSPS) is 15.0. The molecule has 7 heteroatoms. The Morgan fingerprint density at radius 1 is 1.06 bits per heavy atom. The van der Waals surface area contributed by atoms with E-state index in [9.17, 15) is 9.59 Å². The molecule has 1 N–H and O–H groups in total. The second kappa shape index (κ2) is 12.5. The topological polar surface area (TPSA) is 58.6 Å². The van der Waals surface area contributed by atoms with Crippen molar-refractivity contribution >= 4 is 35.0 Å². The minimum Gasteiger partial charge on any atom is -0.483 e. The summed E-state index contributed by atoms with van der Waals surface area (Å²) in [6.07, 6.45) is 5.92. The molecule has 0 radical (unpaired) electrons. The van der Waals surface area contributed by atoms with Crippen molar-refractivity contribution in [3.8, 4) is 5.75 Å². The lowest BCUT2D eigenvalue weighted by atomic mass is 9.95. The molecule has 184 valence electrons. The summed E-state index contributed by atoms with van der Waals surface area (Å²) in [6, 6.07) is 10.7. The van der Waals surface area contributed by atoms with Gasteiger partial charge in [0.05, 0.1) is 10.0 Å². The van der Waals surface area contributed by atoms with E-state index in [4.69, 9.17) is 27.9 Å². The van der Waals surface area contributed by atoms with Crippen LogP contribution in [0.1, 0.15) is 62.1 Å². The number of aryl methyl sites for hydroxylation is 2. The van der Waals surface area contributed by atoms with E-state index in [2.05, 4.69) is 5.32 Å². The molecule has 1 aliphatic carbocycles. The van der Waals surface area contributed by atoms with Gasteiger partial charge in [0.1, 0.15) is 11.8 Å². The van der Waals surface area contributed by atoms with E-state index in [0.29, 0.717) is 22.2 Å². The number of nitrogens with zero attached hydrogens (tertiary/aromatic N) is 1. The predicted octanol–water partition coefficient (Wildman–Crippen LogP) is 6.25. The van der Waals surface area contributed by atoms with Crippen LogP contribution in [0.25, 0.3) is 0 Å². The maximum atomic E-state index is 13.4. The summed E-state index contributed by atoms with van der Waals surface area (Å²) in [6.45, 7) is 5.97. The Morgan fingerprint density at radius 2 is 1.79 bits per heavy atom. The van der Waals surface area contributed by atoms with Crippen molar-refractivity contribution < 1.29 is 14.3 Å². The van der Waals surface area contributed by atoms with Gasteiger partial charge in [0.15, 0.2) is 6.61 Å². The summed E-state index contributed by atoms with van der Waals surface area (Å²) < 4.78 is 5.87. The van der Waals surface area contributed by atoms with Gasteiger partial charge in [0.2, 0.25) is 5.91 Å². The number of hydrogen-bond acceptors (Lipinski definition) is 3. The van der Waals surface area contributed by atoms with Crippen LogP contribution in [0.15, 0.2) is 36.4 Å². The average Bonchev–Trinajstić information content (AvgIpc) is 2.81. The van der Waals surface area contributed by atoms with E-state index in [0.717, 1.165) is 42.4 Å². The highest BCUT2D eigenvalue weighted by atomic mass is 35.5. The summed E-state index contributed by atoms with van der Waals surface area (Å²) >= 11 is 12.3. The van der Waals surface area contributed by atoms with Crippen LogP contribution in [0.5, 0.6) is 5.75 Å². The number of rotatable bonds is 9. The fraction of sp³-hybridized carbons (Fsp3) is 0.481. The molecule has 5 nitrogen and oxygen atoms in total. The van der Waals surface area contributed by atoms with Crippen molar-refractivity contribution in [3.63, 3.8) is 0 Å². The Morgan fingerprint density at radius 3 is 2.44 bits per heavy atom. The van der Waals surface area contributed by atoms with E-state index in [-0.39, 0.29) is 31.0 Å². The Labute approximate surface area is 212 Å². The third-order valence-corrected chi connectivity index (χ3v) is 7.10. The van der Waals surface area contributed by atoms with Crippen LogP contribution in [0.2, 0.25) is 10.0 Å². The van der Waals surface area contributed by atoms with E-state index in [1.165, 1.54) is 6.42 Å². The Bertz CT molecular complexity index is 1010. The molecule has 2 amide bonds. The zero-order valence-electron chi connectivity index (χ0n) is 20.2. The summed E-state index contributed by atoms with van der Waals surface area (Å²) in [5.41, 5.74) is 2.90. The lowest BCUT2D eigenvalue weighted by Crippen LogP contribution is -2.52. The largest absolute Gasteiger partial charge is 0.483 e. The molecule has 0 aliphatic heterocycles. The molecule has 2 aromatic carbocycles. The summed E-state index contributed by atoms with van der Waals surface area (Å²) in [7, 11) is 0. The molecule has 34 heavy (non-hydrogen) atoms. The first-order valence-electron chi connectivity index (χ1n) is 12.0. The number of carbonyl (C=O) groups excluding carboxylic acids is 2. The maximum Gasteiger partial charge on any atom is 0.261 e. The lowest BCUT2D eigenvalue weighted by Gasteiger charge is -2.32. The van der Waals surface area contributed by atoms with Gasteiger partial charge >= 0.3 is 0 Å². The number of hydrogen-bond donors (Lipinski definition) is 1. The first kappa shape index (κ1) is 26.4. The number of carbonyl (C=O) groups is 2. The molecule has 0 bridgehead atoms. The zero-order chi connectivity index (χ0) is 24.7. The van der Waals surface area contributed by atoms with Gasteiger partial charge in [-0.2, -0.15) is 0 Å². The molecule has 1 saturated carbocycles. The highest BCUT2D eigenvalue weighted by molar-refractivity contribution is 6.42. The van der Waals surface area contributed by atoms with Gasteiger partial charge in [-0.1, -0.05) is 73.2 Å². The first-order chi connectivity index (χ1) is 16.3. The number of amides is 2. The zero-order valence-corrected chi connectivity index (χ0v) is 21.7. The summed E-state index contributed by atoms with van der Waals surface area (Å²) in [5.74, 6) is 0.291. The second-order valence-electron chi connectivity index (χ2n) is 9.10. The molecule has 0 heterocycles. The van der Waals surface area contributed by atoms with Crippen molar-refractivity contribution in [1.82, 2.24) is 10.2 Å². The number of benzene rings is 2. The van der Waals surface area contributed by atoms with Crippen LogP contribution in [-0.4, -0.2) is 35.4 Å². The van der Waals surface area contributed by atoms with Gasteiger partial charge in [-0.3, -0.25) is 9.59 Å². The number of nitrogens with one attached hydrogen (secondary N) is 1. The van der Waals surface area contributed by atoms with Gasteiger partial charge < -0.3 is 15.0 Å². The molecule has 1 atom stereocenters. The van der Waals surface area contributed by atoms with Crippen molar-refractivity contribution in [1.29, 1.82) is 0 Å². The molecule has 0 aromatic heterocycles. The van der Waals surface area contributed by atoms with Crippen molar-refractivity contribution in [3.05, 3.63) is 63.1 Å². The fourth-order valence-corrected chi connectivity index (χ4v) is 4.80. The molecule has 3 rings (SSSR count). The van der Waals surface area contributed by atoms with Gasteiger partial charge in [-0.25, -0.2) is 0 Å². The Hall–Kier alpha value is -2.24. The number of ether oxygens (including phenoxy) is 1. The fourth-order valence-electron chi connectivity index (χ4n) is 4.48. The quantitative estimate of drug-likeness (QED) is 0.439. The summed E-state index contributed by atoms with van der Waals surface area (Å²) in [4.78, 5) is 28.3. The molecule has 1 fully saturated rings. The van der Waals surface area contributed by atoms with Gasteiger partial charge in [0.25, 0.3) is 5.91 Å². The minimum atomic E-state index is -0.605. The molecular formula is C27H34Cl2N2O3. The Balaban J connectivity index is 1.79. The highest BCUT2D eigenvalue weighted by Crippen LogP contribution is 2.25. The van der Waals surface area contributed by atoms with Gasteiger partial charge in [-0.05, 0) is 62.4 Å². The van der Waals surface area contributed by atoms with Crippen molar-refractivity contribution in [2.45, 2.75) is 77.9 Å². The van der Waals surface area contributed by atoms with E-state index < -0.39 is 6.04 Å². The molecule has 1 aliphatic rings. The highest BCUT2D eigenvalue weighted by Gasteiger charge is 2.30. The SMILES string of the molecule is CC[C@H](C(=O)NC1CCCCC1)N(Cc1ccc(Cl)c(Cl)c1)C(=O)COc1ccc(C)cc1C. The molecule has 0 unspecified atom stereocenters. The standard InChI is InChI=1S/C27H34Cl2N2O3/c1-4-24(27(33)30-21-8-6-5-7-9-21)31(16-20-11-12-22(28)23(29)15-20)26(32)17-34-25-13-10-18(2)14-19(25)3/h10-15,21,24H,4-9,16-17H2,1-3H3,(H,30,33)/t24-/m1/s1. The Kier molecular flexibility index (Phi) is 9.66. The monoisotopic (exact) mass is 504 g/mol. The lowest BCUT2D eigenvalue weighted by molar-refractivity contribution is -0.143. The van der Waals surface area contributed by atoms with Crippen molar-refractivity contribution in [2.24, 2.45) is 0 Å². The van der Waals surface area contributed by atoms with E-state index >= 15 is 0 Å². The van der Waals surface area contributed by atoms with Crippen LogP contribution in [0, 0.1) is 13.8 Å². The van der Waals surface area contributed by atoms with Gasteiger partial charge in [-0.15, -0.1) is 0 Å². The van der Waals surface area contributed by atoms with Crippen LogP contribution in [0.4, 0.5) is 0 Å². The maximum absolute atomic E-state index is 13.4. The van der Waals surface area contributed by atoms with E-state index in [1.807, 2.05) is 45.0 Å². The molecule has 2 aromatic rings.